The van der Waals surface area contributed by atoms with Crippen molar-refractivity contribution in [2.24, 2.45) is 5.92 Å². The highest BCUT2D eigenvalue weighted by Gasteiger charge is 2.39. The number of carbonyl (C=O) groups excluding carboxylic acids is 3. The monoisotopic (exact) mass is 337 g/mol. The van der Waals surface area contributed by atoms with Gasteiger partial charge in [-0.2, -0.15) is 0 Å². The quantitative estimate of drug-likeness (QED) is 0.810. The van der Waals surface area contributed by atoms with Gasteiger partial charge in [-0.05, 0) is 37.0 Å². The van der Waals surface area contributed by atoms with Crippen molar-refractivity contribution >= 4 is 35.1 Å². The summed E-state index contributed by atoms with van der Waals surface area (Å²) in [5, 5.41) is 5.63. The first-order valence-corrected chi connectivity index (χ1v) is 7.83. The van der Waals surface area contributed by atoms with Gasteiger partial charge in [0.1, 0.15) is 12.6 Å². The van der Waals surface area contributed by atoms with E-state index in [1.165, 1.54) is 0 Å². The highest BCUT2D eigenvalue weighted by molar-refractivity contribution is 6.33. The SMILES string of the molecule is Cc1ccc(NC(=O)CN2C(=O)NC(CC(C)C)C2=O)c(Cl)c1. The molecular formula is C16H20ClN3O3. The number of carbonyl (C=O) groups is 3. The van der Waals surface area contributed by atoms with Crippen LogP contribution in [0.15, 0.2) is 18.2 Å². The highest BCUT2D eigenvalue weighted by Crippen LogP contribution is 2.23. The first-order valence-electron chi connectivity index (χ1n) is 7.45. The lowest BCUT2D eigenvalue weighted by molar-refractivity contribution is -0.131. The Labute approximate surface area is 140 Å². The summed E-state index contributed by atoms with van der Waals surface area (Å²) < 4.78 is 0. The number of hydrogen-bond donors (Lipinski definition) is 2. The second-order valence-corrected chi connectivity index (χ2v) is 6.49. The molecule has 1 aromatic rings. The molecule has 23 heavy (non-hydrogen) atoms. The van der Waals surface area contributed by atoms with Gasteiger partial charge < -0.3 is 10.6 Å². The molecule has 0 saturated carbocycles. The normalized spacial score (nSPS) is 17.6. The van der Waals surface area contributed by atoms with Crippen LogP contribution < -0.4 is 10.6 Å². The van der Waals surface area contributed by atoms with Crippen LogP contribution in [0, 0.1) is 12.8 Å². The predicted molar refractivity (Wildman–Crippen MR) is 88.3 cm³/mol. The van der Waals surface area contributed by atoms with E-state index in [0.29, 0.717) is 17.1 Å². The van der Waals surface area contributed by atoms with Crippen LogP contribution in [0.25, 0.3) is 0 Å². The van der Waals surface area contributed by atoms with Gasteiger partial charge in [0.15, 0.2) is 0 Å². The van der Waals surface area contributed by atoms with E-state index in [0.717, 1.165) is 10.5 Å². The minimum atomic E-state index is -0.557. The standard InChI is InChI=1S/C16H20ClN3O3/c1-9(2)6-13-15(22)20(16(23)19-13)8-14(21)18-12-5-4-10(3)7-11(12)17/h4-5,7,9,13H,6,8H2,1-3H3,(H,18,21)(H,19,23). The average molecular weight is 338 g/mol. The van der Waals surface area contributed by atoms with Crippen molar-refractivity contribution in [1.29, 1.82) is 0 Å². The molecule has 0 bridgehead atoms. The van der Waals surface area contributed by atoms with Gasteiger partial charge in [0.05, 0.1) is 10.7 Å². The van der Waals surface area contributed by atoms with E-state index in [-0.39, 0.29) is 18.4 Å². The molecule has 1 unspecified atom stereocenters. The number of urea groups is 1. The van der Waals surface area contributed by atoms with E-state index in [1.807, 2.05) is 26.8 Å². The molecule has 4 amide bonds. The summed E-state index contributed by atoms with van der Waals surface area (Å²) in [4.78, 5) is 37.1. The highest BCUT2D eigenvalue weighted by atomic mass is 35.5. The molecule has 7 heteroatoms. The topological polar surface area (TPSA) is 78.5 Å². The molecule has 1 fully saturated rings. The molecule has 0 aromatic heterocycles. The molecule has 1 aliphatic rings. The minimum absolute atomic E-state index is 0.268. The van der Waals surface area contributed by atoms with Crippen molar-refractivity contribution in [2.75, 3.05) is 11.9 Å². The summed E-state index contributed by atoms with van der Waals surface area (Å²) >= 11 is 6.05. The van der Waals surface area contributed by atoms with Crippen LogP contribution in [0.3, 0.4) is 0 Å². The Kier molecular flexibility index (Phi) is 5.26. The van der Waals surface area contributed by atoms with Crippen LogP contribution in [0.1, 0.15) is 25.8 Å². The second-order valence-electron chi connectivity index (χ2n) is 6.09. The van der Waals surface area contributed by atoms with Crippen LogP contribution in [-0.2, 0) is 9.59 Å². The number of hydrogen-bond acceptors (Lipinski definition) is 3. The van der Waals surface area contributed by atoms with E-state index in [4.69, 9.17) is 11.6 Å². The fourth-order valence-electron chi connectivity index (χ4n) is 2.41. The van der Waals surface area contributed by atoms with E-state index >= 15 is 0 Å². The largest absolute Gasteiger partial charge is 0.326 e. The first-order chi connectivity index (χ1) is 10.8. The van der Waals surface area contributed by atoms with Gasteiger partial charge >= 0.3 is 6.03 Å². The lowest BCUT2D eigenvalue weighted by Crippen LogP contribution is -2.38. The van der Waals surface area contributed by atoms with Crippen LogP contribution >= 0.6 is 11.6 Å². The number of amides is 4. The summed E-state index contributed by atoms with van der Waals surface area (Å²) in [6.45, 7) is 5.49. The second kappa shape index (κ2) is 7.00. The number of benzene rings is 1. The minimum Gasteiger partial charge on any atom is -0.326 e. The third-order valence-electron chi connectivity index (χ3n) is 3.51. The van der Waals surface area contributed by atoms with Gasteiger partial charge in [-0.1, -0.05) is 31.5 Å². The van der Waals surface area contributed by atoms with E-state index < -0.39 is 18.0 Å². The molecule has 1 heterocycles. The van der Waals surface area contributed by atoms with E-state index in [2.05, 4.69) is 10.6 Å². The van der Waals surface area contributed by atoms with E-state index in [9.17, 15) is 14.4 Å². The molecule has 124 valence electrons. The molecule has 2 rings (SSSR count). The lowest BCUT2D eigenvalue weighted by Gasteiger charge is -2.14. The van der Waals surface area contributed by atoms with Gasteiger partial charge in [-0.15, -0.1) is 0 Å². The number of imide groups is 1. The summed E-state index contributed by atoms with van der Waals surface area (Å²) in [7, 11) is 0. The molecule has 1 atom stereocenters. The van der Waals surface area contributed by atoms with Crippen molar-refractivity contribution in [1.82, 2.24) is 10.2 Å². The van der Waals surface area contributed by atoms with Crippen molar-refractivity contribution in [2.45, 2.75) is 33.2 Å². The zero-order valence-electron chi connectivity index (χ0n) is 13.4. The Morgan fingerprint density at radius 2 is 2.09 bits per heavy atom. The van der Waals surface area contributed by atoms with Gasteiger partial charge in [0.25, 0.3) is 5.91 Å². The van der Waals surface area contributed by atoms with Crippen molar-refractivity contribution in [3.05, 3.63) is 28.8 Å². The summed E-state index contributed by atoms with van der Waals surface area (Å²) in [6.07, 6.45) is 0.548. The summed E-state index contributed by atoms with van der Waals surface area (Å²) in [5.41, 5.74) is 1.42. The molecule has 2 N–H and O–H groups in total. The molecule has 1 aliphatic heterocycles. The van der Waals surface area contributed by atoms with E-state index in [1.54, 1.807) is 12.1 Å². The Bertz CT molecular complexity index is 645. The molecule has 6 nitrogen and oxygen atoms in total. The van der Waals surface area contributed by atoms with Crippen LogP contribution in [0.2, 0.25) is 5.02 Å². The zero-order valence-corrected chi connectivity index (χ0v) is 14.1. The van der Waals surface area contributed by atoms with Gasteiger partial charge in [-0.25, -0.2) is 4.79 Å². The van der Waals surface area contributed by atoms with Crippen LogP contribution in [0.5, 0.6) is 0 Å². The number of nitrogens with one attached hydrogen (secondary N) is 2. The number of anilines is 1. The van der Waals surface area contributed by atoms with Gasteiger partial charge in [0.2, 0.25) is 5.91 Å². The molecule has 0 radical (unpaired) electrons. The van der Waals surface area contributed by atoms with Crippen LogP contribution in [-0.4, -0.2) is 35.3 Å². The van der Waals surface area contributed by atoms with Crippen molar-refractivity contribution in [3.63, 3.8) is 0 Å². The van der Waals surface area contributed by atoms with Crippen LogP contribution in [0.4, 0.5) is 10.5 Å². The van der Waals surface area contributed by atoms with Crippen molar-refractivity contribution in [3.8, 4) is 0 Å². The third kappa shape index (κ3) is 4.22. The average Bonchev–Trinajstić information content (AvgIpc) is 2.69. The number of rotatable bonds is 5. The smallest absolute Gasteiger partial charge is 0.325 e. The van der Waals surface area contributed by atoms with Gasteiger partial charge in [0, 0.05) is 0 Å². The van der Waals surface area contributed by atoms with Gasteiger partial charge in [-0.3, -0.25) is 14.5 Å². The Balaban J connectivity index is 1.99. The zero-order chi connectivity index (χ0) is 17.1. The van der Waals surface area contributed by atoms with Crippen molar-refractivity contribution < 1.29 is 14.4 Å². The number of halogens is 1. The maximum absolute atomic E-state index is 12.2. The molecule has 0 spiro atoms. The first kappa shape index (κ1) is 17.3. The maximum atomic E-state index is 12.2. The predicted octanol–water partition coefficient (Wildman–Crippen LogP) is 2.55. The number of nitrogens with zero attached hydrogens (tertiary/aromatic N) is 1. The fraction of sp³-hybridized carbons (Fsp3) is 0.438. The molecular weight excluding hydrogens is 318 g/mol. The molecule has 0 aliphatic carbocycles. The summed E-state index contributed by atoms with van der Waals surface area (Å²) in [6, 6.07) is 4.13. The maximum Gasteiger partial charge on any atom is 0.325 e. The fourth-order valence-corrected chi connectivity index (χ4v) is 2.69. The third-order valence-corrected chi connectivity index (χ3v) is 3.83. The number of aryl methyl sites for hydroxylation is 1. The lowest BCUT2D eigenvalue weighted by atomic mass is 10.0. The summed E-state index contributed by atoms with van der Waals surface area (Å²) in [5.74, 6) is -0.567. The molecule has 1 aromatic carbocycles. The molecule has 1 saturated heterocycles. The Morgan fingerprint density at radius 1 is 1.39 bits per heavy atom. The Hall–Kier alpha value is -2.08. The Morgan fingerprint density at radius 3 is 2.70 bits per heavy atom.